The Kier molecular flexibility index (Phi) is 65.5. The third-order valence-corrected chi connectivity index (χ3v) is 19.4. The number of aliphatic hydroxyl groups is 1. The van der Waals surface area contributed by atoms with Gasteiger partial charge in [-0.25, -0.2) is 9.13 Å². The molecule has 0 radical (unpaired) electrons. The van der Waals surface area contributed by atoms with Crippen molar-refractivity contribution in [2.45, 2.75) is 407 Å². The van der Waals surface area contributed by atoms with Gasteiger partial charge in [0.1, 0.15) is 19.3 Å². The highest BCUT2D eigenvalue weighted by Gasteiger charge is 2.30. The molecule has 0 saturated carbocycles. The van der Waals surface area contributed by atoms with Gasteiger partial charge in [0.2, 0.25) is 0 Å². The van der Waals surface area contributed by atoms with Crippen LogP contribution >= 0.6 is 15.6 Å². The molecule has 0 aliphatic heterocycles. The lowest BCUT2D eigenvalue weighted by molar-refractivity contribution is -0.161. The van der Waals surface area contributed by atoms with Crippen molar-refractivity contribution in [1.29, 1.82) is 0 Å². The van der Waals surface area contributed by atoms with Crippen molar-refractivity contribution in [3.05, 3.63) is 0 Å². The fourth-order valence-electron chi connectivity index (χ4n) is 11.5. The number of rotatable bonds is 74. The molecule has 558 valence electrons. The maximum atomic E-state index is 13.1. The van der Waals surface area contributed by atoms with Gasteiger partial charge in [0.05, 0.1) is 26.4 Å². The van der Waals surface area contributed by atoms with E-state index >= 15 is 0 Å². The second-order valence-corrected chi connectivity index (χ2v) is 30.9. The molecule has 19 heteroatoms. The molecule has 17 nitrogen and oxygen atoms in total. The molecule has 0 fully saturated rings. The highest BCUT2D eigenvalue weighted by atomic mass is 31.2. The molecule has 0 amide bonds. The monoisotopic (exact) mass is 1380 g/mol. The first-order valence-electron chi connectivity index (χ1n) is 39.0. The Balaban J connectivity index is 5.19. The molecule has 0 heterocycles. The van der Waals surface area contributed by atoms with Gasteiger partial charge in [-0.2, -0.15) is 0 Å². The van der Waals surface area contributed by atoms with E-state index in [9.17, 15) is 43.2 Å². The zero-order valence-corrected chi connectivity index (χ0v) is 63.1. The van der Waals surface area contributed by atoms with E-state index in [-0.39, 0.29) is 25.7 Å². The van der Waals surface area contributed by atoms with E-state index in [1.165, 1.54) is 193 Å². The van der Waals surface area contributed by atoms with E-state index in [0.29, 0.717) is 25.7 Å². The number of hydrogen-bond acceptors (Lipinski definition) is 15. The number of carbonyl (C=O) groups excluding carboxylic acids is 4. The average Bonchev–Trinajstić information content (AvgIpc) is 1.73. The fourth-order valence-corrected chi connectivity index (χ4v) is 13.1. The molecule has 0 rings (SSSR count). The maximum absolute atomic E-state index is 13.1. The fraction of sp³-hybridized carbons (Fsp3) is 0.947. The molecule has 0 spiro atoms. The smallest absolute Gasteiger partial charge is 0.462 e. The van der Waals surface area contributed by atoms with Gasteiger partial charge in [0.25, 0.3) is 0 Å². The van der Waals surface area contributed by atoms with Crippen molar-refractivity contribution in [1.82, 2.24) is 0 Å². The molecule has 0 saturated heterocycles. The molecule has 0 bridgehead atoms. The van der Waals surface area contributed by atoms with E-state index in [2.05, 4.69) is 41.5 Å². The summed E-state index contributed by atoms with van der Waals surface area (Å²) in [7, 11) is -9.90. The lowest BCUT2D eigenvalue weighted by Crippen LogP contribution is -2.30. The van der Waals surface area contributed by atoms with Crippen molar-refractivity contribution in [3.63, 3.8) is 0 Å². The van der Waals surface area contributed by atoms with E-state index in [0.717, 1.165) is 115 Å². The summed E-state index contributed by atoms with van der Waals surface area (Å²) in [5.74, 6) is -0.518. The number of esters is 4. The minimum atomic E-state index is -4.96. The number of hydrogen-bond donors (Lipinski definition) is 3. The van der Waals surface area contributed by atoms with Crippen LogP contribution in [0, 0.1) is 11.8 Å². The van der Waals surface area contributed by atoms with Crippen molar-refractivity contribution in [2.75, 3.05) is 39.6 Å². The van der Waals surface area contributed by atoms with E-state index in [4.69, 9.17) is 37.0 Å². The van der Waals surface area contributed by atoms with Crippen LogP contribution in [0.2, 0.25) is 0 Å². The summed E-state index contributed by atoms with van der Waals surface area (Å²) in [6, 6.07) is 0. The normalized spacial score (nSPS) is 14.0. The van der Waals surface area contributed by atoms with Gasteiger partial charge < -0.3 is 33.8 Å². The Morgan fingerprint density at radius 1 is 0.287 bits per heavy atom. The lowest BCUT2D eigenvalue weighted by atomic mass is 10.0. The molecule has 0 aromatic heterocycles. The zero-order chi connectivity index (χ0) is 69.3. The van der Waals surface area contributed by atoms with Crippen molar-refractivity contribution < 1.29 is 80.2 Å². The van der Waals surface area contributed by atoms with Crippen LogP contribution in [0.4, 0.5) is 0 Å². The third-order valence-electron chi connectivity index (χ3n) is 17.5. The Morgan fingerprint density at radius 3 is 0.723 bits per heavy atom. The highest BCUT2D eigenvalue weighted by molar-refractivity contribution is 7.47. The maximum Gasteiger partial charge on any atom is 0.472 e. The van der Waals surface area contributed by atoms with E-state index in [1.54, 1.807) is 0 Å². The third kappa shape index (κ3) is 68.6. The predicted octanol–water partition coefficient (Wildman–Crippen LogP) is 21.9. The SMILES string of the molecule is CCCCCCCCCCCCCCC(=O)O[C@H](COC(=O)CCCCCCCCC)COP(=O)(O)OC[C@H](O)COP(=O)(O)OC[C@@H](COC(=O)CCCCCCCCCCCCCCCCC(C)C)OC(=O)CCCCCCCCCCCCCCCCCC(C)C. The summed E-state index contributed by atoms with van der Waals surface area (Å²) in [5.41, 5.74) is 0. The average molecular weight is 1380 g/mol. The van der Waals surface area contributed by atoms with Gasteiger partial charge in [0.15, 0.2) is 12.2 Å². The molecule has 0 aliphatic rings. The summed E-state index contributed by atoms with van der Waals surface area (Å²) in [6.45, 7) is 9.60. The van der Waals surface area contributed by atoms with Crippen LogP contribution in [0.25, 0.3) is 0 Å². The van der Waals surface area contributed by atoms with Crippen molar-refractivity contribution >= 4 is 39.5 Å². The number of ether oxygens (including phenoxy) is 4. The topological polar surface area (TPSA) is 237 Å². The van der Waals surface area contributed by atoms with Crippen molar-refractivity contribution in [2.24, 2.45) is 11.8 Å². The number of carbonyl (C=O) groups is 4. The Morgan fingerprint density at radius 2 is 0.489 bits per heavy atom. The second-order valence-electron chi connectivity index (χ2n) is 28.0. The Hall–Kier alpha value is -1.94. The zero-order valence-electron chi connectivity index (χ0n) is 61.3. The number of phosphoric acid groups is 2. The standard InChI is InChI=1S/C75H146O17P2/c1-7-9-11-13-15-16-17-29-35-41-47-53-59-74(79)91-70(63-85-72(77)57-51-45-37-14-12-10-8-2)65-89-93(81,82)87-61-69(76)62-88-94(83,84)90-66-71(64-86-73(78)58-52-46-40-34-30-25-22-21-24-28-33-39-44-50-56-68(5)6)92-75(80)60-54-48-42-36-31-26-20-18-19-23-27-32-38-43-49-55-67(3)4/h67-71,76H,7-66H2,1-6H3,(H,81,82)(H,83,84)/t69-,70+,71+/m0/s1. The Bertz CT molecular complexity index is 1820. The summed E-state index contributed by atoms with van der Waals surface area (Å²) >= 11 is 0. The molecule has 0 aliphatic carbocycles. The van der Waals surface area contributed by atoms with Crippen LogP contribution in [-0.4, -0.2) is 96.7 Å². The van der Waals surface area contributed by atoms with Gasteiger partial charge in [0, 0.05) is 25.7 Å². The minimum absolute atomic E-state index is 0.107. The molecule has 94 heavy (non-hydrogen) atoms. The molecular formula is C75H146O17P2. The second kappa shape index (κ2) is 66.9. The van der Waals surface area contributed by atoms with Crippen LogP contribution in [0.15, 0.2) is 0 Å². The summed E-state index contributed by atoms with van der Waals surface area (Å²) < 4.78 is 68.4. The number of aliphatic hydroxyl groups excluding tert-OH is 1. The Labute approximate surface area is 575 Å². The van der Waals surface area contributed by atoms with Crippen molar-refractivity contribution in [3.8, 4) is 0 Å². The highest BCUT2D eigenvalue weighted by Crippen LogP contribution is 2.45. The minimum Gasteiger partial charge on any atom is -0.462 e. The lowest BCUT2D eigenvalue weighted by Gasteiger charge is -2.21. The van der Waals surface area contributed by atoms with Crippen LogP contribution in [0.3, 0.4) is 0 Å². The summed E-state index contributed by atoms with van der Waals surface area (Å²) in [4.78, 5) is 72.6. The van der Waals surface area contributed by atoms with Gasteiger partial charge in [-0.15, -0.1) is 0 Å². The first-order chi connectivity index (χ1) is 45.4. The van der Waals surface area contributed by atoms with Crippen LogP contribution < -0.4 is 0 Å². The summed E-state index contributed by atoms with van der Waals surface area (Å²) in [6.07, 6.45) is 54.2. The number of phosphoric ester groups is 2. The van der Waals surface area contributed by atoms with Gasteiger partial charge in [-0.3, -0.25) is 37.3 Å². The molecule has 2 unspecified atom stereocenters. The van der Waals surface area contributed by atoms with E-state index < -0.39 is 97.5 Å². The first kappa shape index (κ1) is 92.1. The first-order valence-corrected chi connectivity index (χ1v) is 42.0. The molecular weight excluding hydrogens is 1230 g/mol. The quantitative estimate of drug-likeness (QED) is 0.0222. The predicted molar refractivity (Wildman–Crippen MR) is 381 cm³/mol. The molecule has 0 aromatic rings. The van der Waals surface area contributed by atoms with Gasteiger partial charge >= 0.3 is 39.5 Å². The molecule has 0 aromatic carbocycles. The van der Waals surface area contributed by atoms with Gasteiger partial charge in [-0.05, 0) is 37.5 Å². The van der Waals surface area contributed by atoms with E-state index in [1.807, 2.05) is 0 Å². The number of unbranched alkanes of at least 4 members (excludes halogenated alkanes) is 44. The molecule has 5 atom stereocenters. The molecule has 3 N–H and O–H groups in total. The van der Waals surface area contributed by atoms with Crippen LogP contribution in [0.1, 0.15) is 388 Å². The largest absolute Gasteiger partial charge is 0.472 e. The van der Waals surface area contributed by atoms with Gasteiger partial charge in [-0.1, -0.05) is 337 Å². The van der Waals surface area contributed by atoms with Crippen LogP contribution in [-0.2, 0) is 65.4 Å². The summed E-state index contributed by atoms with van der Waals surface area (Å²) in [5, 5.41) is 10.6. The van der Waals surface area contributed by atoms with Crippen LogP contribution in [0.5, 0.6) is 0 Å².